The molecule has 3 rings (SSSR count). The summed E-state index contributed by atoms with van der Waals surface area (Å²) in [5, 5.41) is 0.765. The molecule has 1 aromatic carbocycles. The van der Waals surface area contributed by atoms with Crippen molar-refractivity contribution in [3.8, 4) is 0 Å². The molecule has 18 heavy (non-hydrogen) atoms. The predicted octanol–water partition coefficient (Wildman–Crippen LogP) is 3.26. The smallest absolute Gasteiger partial charge is 0.117 e. The molecular formula is C14H18ClN3. The fourth-order valence-electron chi connectivity index (χ4n) is 2.34. The molecule has 1 heterocycles. The quantitative estimate of drug-likeness (QED) is 0.924. The Morgan fingerprint density at radius 3 is 2.78 bits per heavy atom. The SMILES string of the molecule is CC(C)(CN)c1nc2ccc(Cl)cc2n1C1CC1. The van der Waals surface area contributed by atoms with Crippen LogP contribution in [-0.4, -0.2) is 16.1 Å². The van der Waals surface area contributed by atoms with E-state index in [0.29, 0.717) is 12.6 Å². The van der Waals surface area contributed by atoms with Crippen LogP contribution < -0.4 is 5.73 Å². The van der Waals surface area contributed by atoms with E-state index < -0.39 is 0 Å². The zero-order valence-electron chi connectivity index (χ0n) is 10.8. The third-order valence-electron chi connectivity index (χ3n) is 3.68. The molecular weight excluding hydrogens is 246 g/mol. The summed E-state index contributed by atoms with van der Waals surface area (Å²) in [6.07, 6.45) is 2.46. The van der Waals surface area contributed by atoms with Gasteiger partial charge in [0, 0.05) is 23.0 Å². The molecule has 0 spiro atoms. The summed E-state index contributed by atoms with van der Waals surface area (Å²) < 4.78 is 2.34. The molecule has 0 saturated heterocycles. The Labute approximate surface area is 112 Å². The molecule has 2 aromatic rings. The van der Waals surface area contributed by atoms with Crippen molar-refractivity contribution in [2.24, 2.45) is 5.73 Å². The van der Waals surface area contributed by atoms with Gasteiger partial charge in [-0.05, 0) is 31.0 Å². The number of aromatic nitrogens is 2. The van der Waals surface area contributed by atoms with Crippen molar-refractivity contribution in [3.05, 3.63) is 29.0 Å². The summed E-state index contributed by atoms with van der Waals surface area (Å²) in [6.45, 7) is 4.89. The van der Waals surface area contributed by atoms with Crippen molar-refractivity contribution in [1.29, 1.82) is 0 Å². The summed E-state index contributed by atoms with van der Waals surface area (Å²) in [5.74, 6) is 1.09. The van der Waals surface area contributed by atoms with E-state index in [1.807, 2.05) is 18.2 Å². The number of nitrogens with zero attached hydrogens (tertiary/aromatic N) is 2. The topological polar surface area (TPSA) is 43.8 Å². The Morgan fingerprint density at radius 1 is 1.44 bits per heavy atom. The minimum atomic E-state index is -0.103. The Balaban J connectivity index is 2.28. The Kier molecular flexibility index (Phi) is 2.65. The van der Waals surface area contributed by atoms with Crippen molar-refractivity contribution < 1.29 is 0 Å². The molecule has 0 amide bonds. The predicted molar refractivity (Wildman–Crippen MR) is 75.1 cm³/mol. The van der Waals surface area contributed by atoms with Crippen LogP contribution in [0.4, 0.5) is 0 Å². The van der Waals surface area contributed by atoms with Gasteiger partial charge in [-0.3, -0.25) is 0 Å². The normalized spacial score (nSPS) is 16.4. The average Bonchev–Trinajstić information content (AvgIpc) is 3.10. The zero-order chi connectivity index (χ0) is 12.9. The van der Waals surface area contributed by atoms with Gasteiger partial charge in [-0.15, -0.1) is 0 Å². The van der Waals surface area contributed by atoms with Crippen molar-refractivity contribution >= 4 is 22.6 Å². The number of rotatable bonds is 3. The molecule has 4 heteroatoms. The highest BCUT2D eigenvalue weighted by molar-refractivity contribution is 6.31. The van der Waals surface area contributed by atoms with Crippen molar-refractivity contribution in [2.75, 3.05) is 6.54 Å². The highest BCUT2D eigenvalue weighted by Gasteiger charge is 2.33. The number of nitrogens with two attached hydrogens (primary N) is 1. The summed E-state index contributed by atoms with van der Waals surface area (Å²) >= 11 is 6.11. The van der Waals surface area contributed by atoms with Gasteiger partial charge in [-0.2, -0.15) is 0 Å². The highest BCUT2D eigenvalue weighted by atomic mass is 35.5. The Hall–Kier alpha value is -1.06. The second kappa shape index (κ2) is 3.97. The monoisotopic (exact) mass is 263 g/mol. The molecule has 2 N–H and O–H groups in total. The third-order valence-corrected chi connectivity index (χ3v) is 3.91. The lowest BCUT2D eigenvalue weighted by Gasteiger charge is -2.23. The zero-order valence-corrected chi connectivity index (χ0v) is 11.5. The number of hydrogen-bond donors (Lipinski definition) is 1. The van der Waals surface area contributed by atoms with Gasteiger partial charge < -0.3 is 10.3 Å². The van der Waals surface area contributed by atoms with Crippen LogP contribution in [0.1, 0.15) is 38.6 Å². The summed E-state index contributed by atoms with van der Waals surface area (Å²) in [6, 6.07) is 6.48. The van der Waals surface area contributed by atoms with E-state index in [9.17, 15) is 0 Å². The first kappa shape index (κ1) is 12.0. The van der Waals surface area contributed by atoms with E-state index in [1.165, 1.54) is 12.8 Å². The maximum absolute atomic E-state index is 6.11. The van der Waals surface area contributed by atoms with Gasteiger partial charge in [0.1, 0.15) is 5.82 Å². The lowest BCUT2D eigenvalue weighted by Crippen LogP contribution is -2.31. The summed E-state index contributed by atoms with van der Waals surface area (Å²) in [5.41, 5.74) is 7.95. The lowest BCUT2D eigenvalue weighted by atomic mass is 9.92. The first-order valence-corrected chi connectivity index (χ1v) is 6.79. The molecule has 0 unspecified atom stereocenters. The molecule has 0 bridgehead atoms. The van der Waals surface area contributed by atoms with Gasteiger partial charge in [0.15, 0.2) is 0 Å². The van der Waals surface area contributed by atoms with Crippen LogP contribution in [0.2, 0.25) is 5.02 Å². The van der Waals surface area contributed by atoms with E-state index in [4.69, 9.17) is 22.3 Å². The van der Waals surface area contributed by atoms with Gasteiger partial charge in [-0.1, -0.05) is 25.4 Å². The highest BCUT2D eigenvalue weighted by Crippen LogP contribution is 2.41. The lowest BCUT2D eigenvalue weighted by molar-refractivity contribution is 0.473. The summed E-state index contributed by atoms with van der Waals surface area (Å²) in [4.78, 5) is 4.78. The molecule has 1 aliphatic carbocycles. The van der Waals surface area contributed by atoms with Gasteiger partial charge in [0.25, 0.3) is 0 Å². The fourth-order valence-corrected chi connectivity index (χ4v) is 2.50. The van der Waals surface area contributed by atoms with Crippen LogP contribution in [0.5, 0.6) is 0 Å². The largest absolute Gasteiger partial charge is 0.329 e. The third kappa shape index (κ3) is 1.82. The van der Waals surface area contributed by atoms with E-state index in [0.717, 1.165) is 21.9 Å². The number of fused-ring (bicyclic) bond motifs is 1. The molecule has 0 atom stereocenters. The van der Waals surface area contributed by atoms with E-state index >= 15 is 0 Å². The van der Waals surface area contributed by atoms with Gasteiger partial charge in [-0.25, -0.2) is 4.98 Å². The minimum Gasteiger partial charge on any atom is -0.329 e. The van der Waals surface area contributed by atoms with E-state index in [2.05, 4.69) is 18.4 Å². The Morgan fingerprint density at radius 2 is 2.17 bits per heavy atom. The standard InChI is InChI=1S/C14H18ClN3/c1-14(2,8-16)13-17-11-6-3-9(15)7-12(11)18(13)10-4-5-10/h3,6-7,10H,4-5,8,16H2,1-2H3. The maximum Gasteiger partial charge on any atom is 0.117 e. The molecule has 1 aromatic heterocycles. The number of benzene rings is 1. The van der Waals surface area contributed by atoms with Crippen LogP contribution >= 0.6 is 11.6 Å². The van der Waals surface area contributed by atoms with Crippen LogP contribution in [0.15, 0.2) is 18.2 Å². The van der Waals surface area contributed by atoms with Gasteiger partial charge in [0.05, 0.1) is 11.0 Å². The van der Waals surface area contributed by atoms with Crippen LogP contribution in [0.3, 0.4) is 0 Å². The molecule has 1 saturated carbocycles. The van der Waals surface area contributed by atoms with E-state index in [-0.39, 0.29) is 5.41 Å². The minimum absolute atomic E-state index is 0.103. The van der Waals surface area contributed by atoms with Crippen molar-refractivity contribution in [3.63, 3.8) is 0 Å². The molecule has 3 nitrogen and oxygen atoms in total. The maximum atomic E-state index is 6.11. The molecule has 1 fully saturated rings. The van der Waals surface area contributed by atoms with Crippen LogP contribution in [0.25, 0.3) is 11.0 Å². The first-order valence-electron chi connectivity index (χ1n) is 6.41. The molecule has 0 aliphatic heterocycles. The molecule has 1 aliphatic rings. The van der Waals surface area contributed by atoms with E-state index in [1.54, 1.807) is 0 Å². The van der Waals surface area contributed by atoms with Gasteiger partial charge in [0.2, 0.25) is 0 Å². The van der Waals surface area contributed by atoms with Crippen LogP contribution in [-0.2, 0) is 5.41 Å². The first-order chi connectivity index (χ1) is 8.53. The van der Waals surface area contributed by atoms with Gasteiger partial charge >= 0.3 is 0 Å². The Bertz CT molecular complexity index is 596. The number of imidazole rings is 1. The average molecular weight is 264 g/mol. The summed E-state index contributed by atoms with van der Waals surface area (Å²) in [7, 11) is 0. The molecule has 96 valence electrons. The second-order valence-electron chi connectivity index (χ2n) is 5.76. The van der Waals surface area contributed by atoms with Crippen LogP contribution in [0, 0.1) is 0 Å². The van der Waals surface area contributed by atoms with Crippen molar-refractivity contribution in [2.45, 2.75) is 38.1 Å². The number of halogens is 1. The second-order valence-corrected chi connectivity index (χ2v) is 6.19. The number of hydrogen-bond acceptors (Lipinski definition) is 2. The van der Waals surface area contributed by atoms with Crippen molar-refractivity contribution in [1.82, 2.24) is 9.55 Å². The molecule has 0 radical (unpaired) electrons. The fraction of sp³-hybridized carbons (Fsp3) is 0.500.